The van der Waals surface area contributed by atoms with Gasteiger partial charge in [-0.1, -0.05) is 19.3 Å². The molecule has 4 fully saturated rings. The van der Waals surface area contributed by atoms with E-state index in [0.29, 0.717) is 41.2 Å². The fourth-order valence-corrected chi connectivity index (χ4v) is 6.42. The molecule has 18 heteroatoms. The molecule has 48 heavy (non-hydrogen) atoms. The molecule has 4 N–H and O–H groups in total. The van der Waals surface area contributed by atoms with Crippen LogP contribution in [-0.2, 0) is 19.3 Å². The summed E-state index contributed by atoms with van der Waals surface area (Å²) in [5.74, 6) is -0.0250. The summed E-state index contributed by atoms with van der Waals surface area (Å²) < 4.78 is 12.5. The number of hydrogen-bond donors (Lipinski definition) is 2. The molecule has 2 spiro atoms. The predicted octanol–water partition coefficient (Wildman–Crippen LogP) is -1.28. The number of carbonyl (C=O) groups excluding carboxylic acids is 3. The number of rotatable bonds is 4. The van der Waals surface area contributed by atoms with E-state index in [1.54, 1.807) is 12.1 Å². The number of ketones is 2. The average molecular weight is 746 g/mol. The van der Waals surface area contributed by atoms with Crippen LogP contribution in [0.4, 0.5) is 32.8 Å². The van der Waals surface area contributed by atoms with Crippen molar-refractivity contribution in [2.24, 2.45) is 10.8 Å². The van der Waals surface area contributed by atoms with Gasteiger partial charge in [-0.25, -0.2) is 0 Å². The van der Waals surface area contributed by atoms with Crippen molar-refractivity contribution in [2.75, 3.05) is 29.5 Å². The molecule has 2 aromatic rings. The first-order valence-electron chi connectivity index (χ1n) is 14.6. The van der Waals surface area contributed by atoms with E-state index in [-0.39, 0.29) is 145 Å². The van der Waals surface area contributed by atoms with Crippen molar-refractivity contribution in [3.8, 4) is 0 Å². The summed E-state index contributed by atoms with van der Waals surface area (Å²) in [7, 11) is 0. The third-order valence-corrected chi connectivity index (χ3v) is 8.77. The van der Waals surface area contributed by atoms with E-state index in [1.807, 2.05) is 4.90 Å². The van der Waals surface area contributed by atoms with Crippen molar-refractivity contribution < 1.29 is 143 Å². The summed E-state index contributed by atoms with van der Waals surface area (Å²) in [5.41, 5.74) is 12.2. The minimum atomic E-state index is -0.871. The van der Waals surface area contributed by atoms with Gasteiger partial charge in [0, 0.05) is 62.3 Å². The van der Waals surface area contributed by atoms with E-state index in [0.717, 1.165) is 50.9 Å². The molecular weight excluding hydrogens is 707 g/mol. The number of benzene rings is 2. The van der Waals surface area contributed by atoms with Crippen LogP contribution in [0.1, 0.15) is 72.1 Å². The van der Waals surface area contributed by atoms with Gasteiger partial charge in [0.25, 0.3) is 12.2 Å². The second-order valence-electron chi connectivity index (χ2n) is 12.0. The van der Waals surface area contributed by atoms with Crippen molar-refractivity contribution in [1.29, 1.82) is 0 Å². The third-order valence-electron chi connectivity index (χ3n) is 8.77. The number of nitro groups is 2. The second kappa shape index (κ2) is 22.0. The number of carbonyl (C=O) groups is 3. The Balaban J connectivity index is 0. The Labute approximate surface area is 370 Å². The van der Waals surface area contributed by atoms with Gasteiger partial charge in [-0.3, -0.25) is 34.6 Å². The molecule has 3 saturated carbocycles. The van der Waals surface area contributed by atoms with Crippen LogP contribution in [0.15, 0.2) is 36.4 Å². The summed E-state index contributed by atoms with van der Waals surface area (Å²) in [4.78, 5) is 55.3. The second-order valence-corrected chi connectivity index (χ2v) is 12.0. The minimum absolute atomic E-state index is 0. The van der Waals surface area contributed by atoms with Crippen LogP contribution in [0.2, 0.25) is 0 Å². The van der Waals surface area contributed by atoms with E-state index < -0.39 is 16.4 Å². The van der Waals surface area contributed by atoms with E-state index in [1.165, 1.54) is 44.2 Å². The Bertz CT molecular complexity index is 1410. The number of halogens is 2. The molecule has 0 aromatic heterocycles. The maximum absolute atomic E-state index is 12.5. The summed E-state index contributed by atoms with van der Waals surface area (Å²) in [5, 5.41) is 29.6. The van der Waals surface area contributed by atoms with Gasteiger partial charge >= 0.3 is 108 Å². The minimum Gasteiger partial charge on any atom is -1.00 e. The first kappa shape index (κ1) is 46.9. The summed E-state index contributed by atoms with van der Waals surface area (Å²) in [6.45, 7) is 1.34. The van der Waals surface area contributed by atoms with Crippen LogP contribution >= 0.6 is 12.4 Å². The zero-order valence-electron chi connectivity index (χ0n) is 28.2. The molecule has 0 amide bonds. The first-order valence-corrected chi connectivity index (χ1v) is 14.6. The number of Topliss-reactive ketones (excluding diaryl/α,β-unsaturated/α-hetero) is 2. The molecule has 1 aliphatic heterocycles. The fraction of sp³-hybridized carbons (Fsp3) is 0.500. The zero-order chi connectivity index (χ0) is 33.2. The molecule has 14 nitrogen and oxygen atoms in total. The quantitative estimate of drug-likeness (QED) is 0.0933. The van der Waals surface area contributed by atoms with Crippen LogP contribution in [0.5, 0.6) is 0 Å². The SMILES string of the molecule is Cl.Nc1ccc(F)c([N+](=O)[O-])c1.Nc1ccc(N2CCC3(CC2)CC(=O)C3)c([N+](=O)[O-])c1.O=C1CC2(CCCCC2)C1.O=CO[O-].[H-].[K+].[K+]. The Hall–Kier alpha value is -1.10. The van der Waals surface area contributed by atoms with Crippen molar-refractivity contribution in [2.45, 2.75) is 70.6 Å². The number of nitrogen functional groups attached to an aromatic ring is 2. The summed E-state index contributed by atoms with van der Waals surface area (Å²) in [6, 6.07) is 8.04. The monoisotopic (exact) mass is 745 g/mol. The average Bonchev–Trinajstić information content (AvgIpc) is 2.99. The van der Waals surface area contributed by atoms with Crippen LogP contribution in [0.25, 0.3) is 0 Å². The van der Waals surface area contributed by atoms with Crippen LogP contribution in [0.3, 0.4) is 0 Å². The summed E-state index contributed by atoms with van der Waals surface area (Å²) in [6.07, 6.45) is 11.9. The molecule has 1 saturated heterocycles. The van der Waals surface area contributed by atoms with Gasteiger partial charge < -0.3 is 27.9 Å². The van der Waals surface area contributed by atoms with Crippen molar-refractivity contribution in [1.82, 2.24) is 0 Å². The molecule has 4 aliphatic rings. The molecule has 0 radical (unpaired) electrons. The van der Waals surface area contributed by atoms with Gasteiger partial charge in [-0.15, -0.1) is 12.4 Å². The third kappa shape index (κ3) is 13.6. The normalized spacial score (nSPS) is 17.6. The Kier molecular flexibility index (Phi) is 21.5. The molecule has 0 atom stereocenters. The molecule has 6 rings (SSSR count). The van der Waals surface area contributed by atoms with Gasteiger partial charge in [-0.2, -0.15) is 4.39 Å². The molecular formula is C30H39ClFK2N5O9. The largest absolute Gasteiger partial charge is 1.00 e. The molecule has 1 heterocycles. The first-order chi connectivity index (χ1) is 21.3. The van der Waals surface area contributed by atoms with Crippen LogP contribution in [0, 0.1) is 36.9 Å². The Morgan fingerprint density at radius 2 is 1.21 bits per heavy atom. The van der Waals surface area contributed by atoms with Gasteiger partial charge in [0.05, 0.1) is 9.85 Å². The van der Waals surface area contributed by atoms with Crippen molar-refractivity contribution in [3.05, 3.63) is 62.4 Å². The van der Waals surface area contributed by atoms with E-state index in [4.69, 9.17) is 21.5 Å². The number of nitrogens with two attached hydrogens (primary N) is 2. The van der Waals surface area contributed by atoms with Gasteiger partial charge in [0.2, 0.25) is 5.82 Å². The van der Waals surface area contributed by atoms with E-state index >= 15 is 0 Å². The molecule has 2 aromatic carbocycles. The maximum atomic E-state index is 12.5. The van der Waals surface area contributed by atoms with Crippen molar-refractivity contribution in [3.63, 3.8) is 0 Å². The number of nitro benzene ring substituents is 2. The fourth-order valence-electron chi connectivity index (χ4n) is 6.42. The van der Waals surface area contributed by atoms with Gasteiger partial charge in [-0.05, 0) is 60.8 Å². The zero-order valence-corrected chi connectivity index (χ0v) is 34.3. The van der Waals surface area contributed by atoms with Crippen LogP contribution < -0.4 is 124 Å². The summed E-state index contributed by atoms with van der Waals surface area (Å²) >= 11 is 0. The Morgan fingerprint density at radius 3 is 1.60 bits per heavy atom. The van der Waals surface area contributed by atoms with Gasteiger partial charge in [0.15, 0.2) is 0 Å². The molecule has 3 aliphatic carbocycles. The Morgan fingerprint density at radius 1 is 0.792 bits per heavy atom. The number of hydrogen-bond acceptors (Lipinski definition) is 12. The number of nitrogens with zero attached hydrogens (tertiary/aromatic N) is 3. The number of anilines is 3. The van der Waals surface area contributed by atoms with Crippen molar-refractivity contribution >= 4 is 58.9 Å². The van der Waals surface area contributed by atoms with E-state index in [9.17, 15) is 34.2 Å². The smallest absolute Gasteiger partial charge is 1.00 e. The molecule has 0 bridgehead atoms. The maximum Gasteiger partial charge on any atom is 1.00 e. The van der Waals surface area contributed by atoms with E-state index in [2.05, 4.69) is 4.89 Å². The molecule has 0 unspecified atom stereocenters. The topological polar surface area (TPSA) is 225 Å². The van der Waals surface area contributed by atoms with Crippen LogP contribution in [-0.4, -0.2) is 41.0 Å². The predicted molar refractivity (Wildman–Crippen MR) is 168 cm³/mol. The molecule has 254 valence electrons. The van der Waals surface area contributed by atoms with Gasteiger partial charge in [0.1, 0.15) is 17.3 Å². The number of piperidine rings is 1. The standard InChI is InChI=1S/C14H17N3O3.C9H14O.C6H5FN2O2.CH2O3.ClH.2K.H/c15-10-1-2-12(13(7-10)17(19)20)16-5-3-14(4-6-16)8-11(18)9-14;10-8-6-9(7-8)4-2-1-3-5-9;7-5-2-1-4(8)3-6(5)9(10)11;2-1-4-3;;;;/h1-2,7H,3-6,8-9,15H2;1-7H2;1-3H,8H2;1,3H;1H;;;/q;;;;;2*+1;-1/p-1.